The Hall–Kier alpha value is -3.91. The molecule has 0 amide bonds. The van der Waals surface area contributed by atoms with Gasteiger partial charge < -0.3 is 14.5 Å². The van der Waals surface area contributed by atoms with Crippen LogP contribution in [0.2, 0.25) is 5.02 Å². The first-order valence-corrected chi connectivity index (χ1v) is 10.5. The zero-order valence-corrected chi connectivity index (χ0v) is 18.3. The Kier molecular flexibility index (Phi) is 6.55. The van der Waals surface area contributed by atoms with Gasteiger partial charge in [-0.2, -0.15) is 5.10 Å². The standard InChI is InChI=1S/C24H19ClFN3O4/c1-2-32-21-12-16(11-19(25)22(21)33-14-15-7-9-17(26)10-8-15)13-27-29-23(30)18-5-3-4-6-20(18)28-24(29)31/h3-13H,2,14H2,1H3,(H,28,31). The highest BCUT2D eigenvalue weighted by atomic mass is 35.5. The topological polar surface area (TPSA) is 85.7 Å². The van der Waals surface area contributed by atoms with Gasteiger partial charge >= 0.3 is 5.69 Å². The van der Waals surface area contributed by atoms with E-state index in [-0.39, 0.29) is 17.4 Å². The lowest BCUT2D eigenvalue weighted by Crippen LogP contribution is -2.32. The Morgan fingerprint density at radius 2 is 1.85 bits per heavy atom. The van der Waals surface area contributed by atoms with Crippen LogP contribution in [0.4, 0.5) is 4.39 Å². The third-order valence-electron chi connectivity index (χ3n) is 4.73. The summed E-state index contributed by atoms with van der Waals surface area (Å²) < 4.78 is 25.3. The number of hydrogen-bond donors (Lipinski definition) is 1. The second kappa shape index (κ2) is 9.70. The highest BCUT2D eigenvalue weighted by Crippen LogP contribution is 2.37. The summed E-state index contributed by atoms with van der Waals surface area (Å²) >= 11 is 6.42. The van der Waals surface area contributed by atoms with Crippen molar-refractivity contribution in [3.63, 3.8) is 0 Å². The third kappa shape index (κ3) is 4.96. The van der Waals surface area contributed by atoms with E-state index in [0.717, 1.165) is 10.2 Å². The minimum atomic E-state index is -0.662. The number of aromatic nitrogens is 2. The lowest BCUT2D eigenvalue weighted by Gasteiger charge is -2.14. The summed E-state index contributed by atoms with van der Waals surface area (Å²) in [6.07, 6.45) is 1.34. The number of rotatable bonds is 7. The van der Waals surface area contributed by atoms with Crippen molar-refractivity contribution in [3.05, 3.63) is 103 Å². The van der Waals surface area contributed by atoms with Crippen molar-refractivity contribution in [2.24, 2.45) is 5.10 Å². The zero-order chi connectivity index (χ0) is 23.4. The fourth-order valence-corrected chi connectivity index (χ4v) is 3.46. The Bertz CT molecular complexity index is 1450. The summed E-state index contributed by atoms with van der Waals surface area (Å²) in [5.41, 5.74) is 0.488. The molecule has 168 valence electrons. The van der Waals surface area contributed by atoms with Crippen LogP contribution in [-0.2, 0) is 6.61 Å². The van der Waals surface area contributed by atoms with Gasteiger partial charge in [0.05, 0.1) is 28.7 Å². The molecule has 0 aliphatic rings. The summed E-state index contributed by atoms with van der Waals surface area (Å²) in [6.45, 7) is 2.33. The molecule has 0 atom stereocenters. The van der Waals surface area contributed by atoms with Gasteiger partial charge in [0.25, 0.3) is 5.56 Å². The molecule has 0 radical (unpaired) electrons. The number of H-pyrrole nitrogens is 1. The van der Waals surface area contributed by atoms with Crippen molar-refractivity contribution in [2.75, 3.05) is 6.61 Å². The lowest BCUT2D eigenvalue weighted by molar-refractivity contribution is 0.269. The van der Waals surface area contributed by atoms with E-state index in [1.165, 1.54) is 18.3 Å². The zero-order valence-electron chi connectivity index (χ0n) is 17.5. The van der Waals surface area contributed by atoms with Gasteiger partial charge in [0.2, 0.25) is 0 Å². The fourth-order valence-electron chi connectivity index (χ4n) is 3.18. The van der Waals surface area contributed by atoms with Crippen LogP contribution in [-0.4, -0.2) is 22.5 Å². The average molecular weight is 468 g/mol. The quantitative estimate of drug-likeness (QED) is 0.410. The molecular weight excluding hydrogens is 449 g/mol. The minimum absolute atomic E-state index is 0.162. The van der Waals surface area contributed by atoms with Crippen LogP contribution in [0, 0.1) is 5.82 Å². The van der Waals surface area contributed by atoms with E-state index >= 15 is 0 Å². The van der Waals surface area contributed by atoms with Crippen LogP contribution in [0.3, 0.4) is 0 Å². The molecule has 0 spiro atoms. The maximum absolute atomic E-state index is 13.1. The summed E-state index contributed by atoms with van der Waals surface area (Å²) in [7, 11) is 0. The normalized spacial score (nSPS) is 11.2. The predicted octanol–water partition coefficient (Wildman–Crippen LogP) is 4.34. The van der Waals surface area contributed by atoms with E-state index in [1.54, 1.807) is 48.5 Å². The second-order valence-corrected chi connectivity index (χ2v) is 7.42. The first-order valence-electron chi connectivity index (χ1n) is 10.1. The number of nitrogens with zero attached hydrogens (tertiary/aromatic N) is 2. The minimum Gasteiger partial charge on any atom is -0.490 e. The van der Waals surface area contributed by atoms with E-state index in [0.29, 0.717) is 34.6 Å². The first kappa shape index (κ1) is 22.3. The summed E-state index contributed by atoms with van der Waals surface area (Å²) in [5, 5.41) is 4.64. The van der Waals surface area contributed by atoms with Crippen LogP contribution >= 0.6 is 11.6 Å². The Morgan fingerprint density at radius 3 is 2.61 bits per heavy atom. The van der Waals surface area contributed by atoms with Gasteiger partial charge in [-0.3, -0.25) is 4.79 Å². The van der Waals surface area contributed by atoms with Crippen molar-refractivity contribution < 1.29 is 13.9 Å². The van der Waals surface area contributed by atoms with Crippen LogP contribution < -0.4 is 20.7 Å². The molecule has 0 bridgehead atoms. The van der Waals surface area contributed by atoms with Gasteiger partial charge in [0.1, 0.15) is 12.4 Å². The number of benzene rings is 3. The molecule has 3 aromatic carbocycles. The molecule has 4 aromatic rings. The third-order valence-corrected chi connectivity index (χ3v) is 5.01. The van der Waals surface area contributed by atoms with Gasteiger partial charge in [-0.25, -0.2) is 9.18 Å². The smallest absolute Gasteiger partial charge is 0.349 e. The molecular formula is C24H19ClFN3O4. The van der Waals surface area contributed by atoms with Crippen molar-refractivity contribution in [1.29, 1.82) is 0 Å². The number of ether oxygens (including phenoxy) is 2. The number of hydrogen-bond acceptors (Lipinski definition) is 5. The van der Waals surface area contributed by atoms with Crippen LogP contribution in [0.25, 0.3) is 10.9 Å². The number of para-hydroxylation sites is 1. The SMILES string of the molecule is CCOc1cc(C=Nn2c(=O)[nH]c3ccccc3c2=O)cc(Cl)c1OCc1ccc(F)cc1. The van der Waals surface area contributed by atoms with Crippen LogP contribution in [0.1, 0.15) is 18.1 Å². The number of nitrogens with one attached hydrogen (secondary N) is 1. The molecule has 9 heteroatoms. The Balaban J connectivity index is 1.64. The van der Waals surface area contributed by atoms with E-state index < -0.39 is 11.2 Å². The summed E-state index contributed by atoms with van der Waals surface area (Å²) in [4.78, 5) is 27.6. The molecule has 33 heavy (non-hydrogen) atoms. The van der Waals surface area contributed by atoms with E-state index in [1.807, 2.05) is 6.92 Å². The van der Waals surface area contributed by atoms with Gasteiger partial charge in [0.15, 0.2) is 11.5 Å². The largest absolute Gasteiger partial charge is 0.490 e. The predicted molar refractivity (Wildman–Crippen MR) is 125 cm³/mol. The molecule has 1 N–H and O–H groups in total. The van der Waals surface area contributed by atoms with Gasteiger partial charge in [-0.15, -0.1) is 4.68 Å². The van der Waals surface area contributed by atoms with Crippen molar-refractivity contribution in [1.82, 2.24) is 9.66 Å². The van der Waals surface area contributed by atoms with E-state index in [4.69, 9.17) is 21.1 Å². The number of fused-ring (bicyclic) bond motifs is 1. The number of aromatic amines is 1. The monoisotopic (exact) mass is 467 g/mol. The fraction of sp³-hybridized carbons (Fsp3) is 0.125. The molecule has 1 heterocycles. The molecule has 7 nitrogen and oxygen atoms in total. The first-order chi connectivity index (χ1) is 16.0. The van der Waals surface area contributed by atoms with Crippen LogP contribution in [0.5, 0.6) is 11.5 Å². The lowest BCUT2D eigenvalue weighted by atomic mass is 10.2. The number of halogens is 2. The van der Waals surface area contributed by atoms with Gasteiger partial charge in [-0.05, 0) is 54.4 Å². The molecule has 0 unspecified atom stereocenters. The highest BCUT2D eigenvalue weighted by Gasteiger charge is 2.13. The van der Waals surface area contributed by atoms with Gasteiger partial charge in [0, 0.05) is 0 Å². The molecule has 0 saturated carbocycles. The molecule has 0 saturated heterocycles. The summed E-state index contributed by atoms with van der Waals surface area (Å²) in [5.74, 6) is 0.355. The van der Waals surface area contributed by atoms with Gasteiger partial charge in [-0.1, -0.05) is 35.9 Å². The molecule has 0 fully saturated rings. The summed E-state index contributed by atoms with van der Waals surface area (Å²) in [6, 6.07) is 15.8. The van der Waals surface area contributed by atoms with Crippen LogP contribution in [0.15, 0.2) is 75.4 Å². The van der Waals surface area contributed by atoms with E-state index in [9.17, 15) is 14.0 Å². The van der Waals surface area contributed by atoms with Crippen molar-refractivity contribution in [2.45, 2.75) is 13.5 Å². The molecule has 4 rings (SSSR count). The second-order valence-electron chi connectivity index (χ2n) is 7.02. The Labute approximate surface area is 192 Å². The van der Waals surface area contributed by atoms with E-state index in [2.05, 4.69) is 10.1 Å². The molecule has 0 aliphatic heterocycles. The maximum Gasteiger partial charge on any atom is 0.349 e. The highest BCUT2D eigenvalue weighted by molar-refractivity contribution is 6.32. The Morgan fingerprint density at radius 1 is 1.09 bits per heavy atom. The van der Waals surface area contributed by atoms with Crippen molar-refractivity contribution >= 4 is 28.7 Å². The maximum atomic E-state index is 13.1. The van der Waals surface area contributed by atoms with Crippen molar-refractivity contribution in [3.8, 4) is 11.5 Å². The molecule has 1 aromatic heterocycles. The average Bonchev–Trinajstić information content (AvgIpc) is 2.80. The molecule has 0 aliphatic carbocycles.